The summed E-state index contributed by atoms with van der Waals surface area (Å²) in [6.07, 6.45) is 0. The monoisotopic (exact) mass is 425 g/mol. The van der Waals surface area contributed by atoms with E-state index in [0.717, 1.165) is 16.8 Å². The van der Waals surface area contributed by atoms with E-state index < -0.39 is 0 Å². The van der Waals surface area contributed by atoms with Gasteiger partial charge in [-0.2, -0.15) is 0 Å². The van der Waals surface area contributed by atoms with Gasteiger partial charge in [0, 0.05) is 11.3 Å². The molecule has 3 aromatic rings. The third-order valence-electron chi connectivity index (χ3n) is 4.49. The number of hydrogen-bond acceptors (Lipinski definition) is 6. The number of aromatic nitrogens is 3. The van der Waals surface area contributed by atoms with Gasteiger partial charge in [0.1, 0.15) is 11.6 Å². The molecular weight excluding hydrogens is 402 g/mol. The minimum atomic E-state index is -0.226. The smallest absolute Gasteiger partial charge is 0.251 e. The number of aryl methyl sites for hydroxylation is 1. The summed E-state index contributed by atoms with van der Waals surface area (Å²) in [6, 6.07) is 12.6. The minimum absolute atomic E-state index is 0.132. The first-order valence-electron chi connectivity index (χ1n) is 9.28. The molecule has 0 aliphatic carbocycles. The molecular formula is C21H23N5O3S. The lowest BCUT2D eigenvalue weighted by molar-refractivity contribution is -0.113. The topological polar surface area (TPSA) is 109 Å². The first-order valence-corrected chi connectivity index (χ1v) is 10.3. The molecule has 156 valence electrons. The van der Waals surface area contributed by atoms with E-state index in [1.54, 1.807) is 31.4 Å². The standard InChI is InChI=1S/C21H23N5O3S/c1-13-5-4-6-17(14(13)2)23-19(27)12-30-21-24-18(25-26-21)11-22-20(28)15-7-9-16(29-3)10-8-15/h4-10H,11-12H2,1-3H3,(H,22,28)(H,23,27)(H,24,25,26). The molecule has 2 amide bonds. The average molecular weight is 426 g/mol. The zero-order chi connectivity index (χ0) is 21.5. The fourth-order valence-electron chi connectivity index (χ4n) is 2.63. The second-order valence-corrected chi connectivity index (χ2v) is 7.50. The summed E-state index contributed by atoms with van der Waals surface area (Å²) >= 11 is 1.22. The van der Waals surface area contributed by atoms with E-state index in [-0.39, 0.29) is 24.1 Å². The van der Waals surface area contributed by atoms with Crippen LogP contribution in [-0.4, -0.2) is 39.9 Å². The molecule has 0 unspecified atom stereocenters. The maximum absolute atomic E-state index is 12.2. The number of ether oxygens (including phenoxy) is 1. The number of thioether (sulfide) groups is 1. The molecule has 0 saturated carbocycles. The third-order valence-corrected chi connectivity index (χ3v) is 5.34. The van der Waals surface area contributed by atoms with Gasteiger partial charge in [-0.3, -0.25) is 14.7 Å². The lowest BCUT2D eigenvalue weighted by atomic mass is 10.1. The van der Waals surface area contributed by atoms with Crippen LogP contribution in [0.25, 0.3) is 0 Å². The Balaban J connectivity index is 1.47. The number of carbonyl (C=O) groups excluding carboxylic acids is 2. The van der Waals surface area contributed by atoms with Gasteiger partial charge in [0.25, 0.3) is 5.91 Å². The van der Waals surface area contributed by atoms with Crippen molar-refractivity contribution < 1.29 is 14.3 Å². The van der Waals surface area contributed by atoms with Gasteiger partial charge in [0.05, 0.1) is 19.4 Å². The molecule has 8 nitrogen and oxygen atoms in total. The average Bonchev–Trinajstić information content (AvgIpc) is 3.22. The molecule has 0 saturated heterocycles. The van der Waals surface area contributed by atoms with Crippen LogP contribution in [0.4, 0.5) is 5.69 Å². The van der Waals surface area contributed by atoms with Crippen LogP contribution in [0.2, 0.25) is 0 Å². The molecule has 2 aromatic carbocycles. The van der Waals surface area contributed by atoms with Gasteiger partial charge in [-0.05, 0) is 55.3 Å². The highest BCUT2D eigenvalue weighted by Crippen LogP contribution is 2.19. The first-order chi connectivity index (χ1) is 14.5. The number of methoxy groups -OCH3 is 1. The van der Waals surface area contributed by atoms with Gasteiger partial charge >= 0.3 is 0 Å². The molecule has 1 aromatic heterocycles. The largest absolute Gasteiger partial charge is 0.497 e. The van der Waals surface area contributed by atoms with Crippen molar-refractivity contribution >= 4 is 29.3 Å². The van der Waals surface area contributed by atoms with E-state index in [1.807, 2.05) is 32.0 Å². The summed E-state index contributed by atoms with van der Waals surface area (Å²) < 4.78 is 5.08. The van der Waals surface area contributed by atoms with E-state index in [2.05, 4.69) is 25.8 Å². The molecule has 9 heteroatoms. The highest BCUT2D eigenvalue weighted by atomic mass is 32.2. The Labute approximate surface area is 178 Å². The molecule has 3 N–H and O–H groups in total. The Morgan fingerprint density at radius 2 is 1.90 bits per heavy atom. The van der Waals surface area contributed by atoms with Crippen molar-refractivity contribution in [1.82, 2.24) is 20.5 Å². The van der Waals surface area contributed by atoms with Crippen molar-refractivity contribution in [3.8, 4) is 5.75 Å². The van der Waals surface area contributed by atoms with Gasteiger partial charge in [-0.25, -0.2) is 4.98 Å². The quantitative estimate of drug-likeness (QED) is 0.479. The summed E-state index contributed by atoms with van der Waals surface area (Å²) in [5.41, 5.74) is 3.49. The van der Waals surface area contributed by atoms with Gasteiger partial charge < -0.3 is 15.4 Å². The van der Waals surface area contributed by atoms with Crippen LogP contribution in [0, 0.1) is 13.8 Å². The Morgan fingerprint density at radius 3 is 2.63 bits per heavy atom. The summed E-state index contributed by atoms with van der Waals surface area (Å²) in [5.74, 6) is 1.02. The number of nitrogens with one attached hydrogen (secondary N) is 3. The van der Waals surface area contributed by atoms with Crippen LogP contribution in [0.5, 0.6) is 5.75 Å². The van der Waals surface area contributed by atoms with Gasteiger partial charge in [0.15, 0.2) is 0 Å². The molecule has 0 spiro atoms. The molecule has 0 aliphatic rings. The normalized spacial score (nSPS) is 10.5. The summed E-state index contributed by atoms with van der Waals surface area (Å²) in [6.45, 7) is 4.18. The highest BCUT2D eigenvalue weighted by Gasteiger charge is 2.11. The van der Waals surface area contributed by atoms with E-state index in [4.69, 9.17) is 4.74 Å². The molecule has 1 heterocycles. The van der Waals surface area contributed by atoms with Crippen molar-refractivity contribution in [2.75, 3.05) is 18.2 Å². The predicted octanol–water partition coefficient (Wildman–Crippen LogP) is 3.09. The van der Waals surface area contributed by atoms with Crippen LogP contribution in [0.1, 0.15) is 27.3 Å². The van der Waals surface area contributed by atoms with Crippen LogP contribution >= 0.6 is 11.8 Å². The van der Waals surface area contributed by atoms with Crippen LogP contribution in [0.3, 0.4) is 0 Å². The number of hydrogen-bond donors (Lipinski definition) is 3. The number of rotatable bonds is 8. The first kappa shape index (κ1) is 21.4. The number of amides is 2. The van der Waals surface area contributed by atoms with Crippen LogP contribution in [0.15, 0.2) is 47.6 Å². The van der Waals surface area contributed by atoms with Crippen molar-refractivity contribution in [2.45, 2.75) is 25.5 Å². The van der Waals surface area contributed by atoms with Crippen molar-refractivity contribution in [1.29, 1.82) is 0 Å². The zero-order valence-corrected chi connectivity index (χ0v) is 17.8. The Morgan fingerprint density at radius 1 is 1.13 bits per heavy atom. The summed E-state index contributed by atoms with van der Waals surface area (Å²) in [5, 5.41) is 13.0. The second-order valence-electron chi connectivity index (χ2n) is 6.56. The predicted molar refractivity (Wildman–Crippen MR) is 116 cm³/mol. The summed E-state index contributed by atoms with van der Waals surface area (Å²) in [7, 11) is 1.57. The lowest BCUT2D eigenvalue weighted by Gasteiger charge is -2.09. The lowest BCUT2D eigenvalue weighted by Crippen LogP contribution is -2.23. The molecule has 0 fully saturated rings. The Bertz CT molecular complexity index is 1030. The van der Waals surface area contributed by atoms with Crippen molar-refractivity contribution in [3.63, 3.8) is 0 Å². The number of nitrogens with zero attached hydrogens (tertiary/aromatic N) is 2. The van der Waals surface area contributed by atoms with E-state index in [1.165, 1.54) is 11.8 Å². The van der Waals surface area contributed by atoms with E-state index in [0.29, 0.717) is 22.3 Å². The Kier molecular flexibility index (Phi) is 7.08. The third kappa shape index (κ3) is 5.60. The number of benzene rings is 2. The van der Waals surface area contributed by atoms with Crippen LogP contribution < -0.4 is 15.4 Å². The van der Waals surface area contributed by atoms with Gasteiger partial charge in [-0.1, -0.05) is 23.9 Å². The zero-order valence-electron chi connectivity index (χ0n) is 17.0. The molecule has 3 rings (SSSR count). The van der Waals surface area contributed by atoms with Crippen molar-refractivity contribution in [3.05, 3.63) is 65.0 Å². The molecule has 0 radical (unpaired) electrons. The Hall–Kier alpha value is -3.33. The second kappa shape index (κ2) is 9.93. The van der Waals surface area contributed by atoms with E-state index in [9.17, 15) is 9.59 Å². The molecule has 30 heavy (non-hydrogen) atoms. The molecule has 0 aliphatic heterocycles. The summed E-state index contributed by atoms with van der Waals surface area (Å²) in [4.78, 5) is 28.7. The van der Waals surface area contributed by atoms with Crippen LogP contribution in [-0.2, 0) is 11.3 Å². The van der Waals surface area contributed by atoms with Gasteiger partial charge in [-0.15, -0.1) is 5.10 Å². The highest BCUT2D eigenvalue weighted by molar-refractivity contribution is 7.99. The fourth-order valence-corrected chi connectivity index (χ4v) is 3.25. The SMILES string of the molecule is COc1ccc(C(=O)NCc2nc(SCC(=O)Nc3cccc(C)c3C)n[nH]2)cc1. The number of anilines is 1. The number of aromatic amines is 1. The molecule has 0 atom stereocenters. The number of carbonyl (C=O) groups is 2. The fraction of sp³-hybridized carbons (Fsp3) is 0.238. The van der Waals surface area contributed by atoms with Gasteiger partial charge in [0.2, 0.25) is 11.1 Å². The van der Waals surface area contributed by atoms with E-state index >= 15 is 0 Å². The molecule has 0 bridgehead atoms. The maximum atomic E-state index is 12.2. The van der Waals surface area contributed by atoms with Crippen molar-refractivity contribution in [2.24, 2.45) is 0 Å². The number of H-pyrrole nitrogens is 1. The maximum Gasteiger partial charge on any atom is 0.251 e. The minimum Gasteiger partial charge on any atom is -0.497 e.